The summed E-state index contributed by atoms with van der Waals surface area (Å²) in [4.78, 5) is 2.60. The third kappa shape index (κ3) is 3.26. The third-order valence-electron chi connectivity index (χ3n) is 4.55. The standard InChI is InChI=1S/C17H26N2O/c1-13-5-8-19(9-6-13)10-7-15-3-4-17-16(11-15)18-12-14(2)20-17/h3-4,11,13-14,18H,5-10,12H2,1-2H3. The summed E-state index contributed by atoms with van der Waals surface area (Å²) < 4.78 is 5.82. The van der Waals surface area contributed by atoms with E-state index in [2.05, 4.69) is 42.3 Å². The SMILES string of the molecule is CC1CCN(CCc2ccc3c(c2)NCC(C)O3)CC1. The minimum Gasteiger partial charge on any atom is -0.487 e. The molecule has 2 aliphatic heterocycles. The van der Waals surface area contributed by atoms with Crippen LogP contribution >= 0.6 is 0 Å². The molecule has 0 radical (unpaired) electrons. The summed E-state index contributed by atoms with van der Waals surface area (Å²) in [7, 11) is 0. The smallest absolute Gasteiger partial charge is 0.142 e. The number of nitrogens with zero attached hydrogens (tertiary/aromatic N) is 1. The summed E-state index contributed by atoms with van der Waals surface area (Å²) in [6.07, 6.45) is 4.12. The van der Waals surface area contributed by atoms with Crippen molar-refractivity contribution in [3.63, 3.8) is 0 Å². The second-order valence-electron chi connectivity index (χ2n) is 6.41. The lowest BCUT2D eigenvalue weighted by Crippen LogP contribution is -2.34. The van der Waals surface area contributed by atoms with Crippen LogP contribution in [-0.2, 0) is 6.42 Å². The maximum atomic E-state index is 5.82. The van der Waals surface area contributed by atoms with Crippen LogP contribution in [0.4, 0.5) is 5.69 Å². The molecule has 1 fully saturated rings. The lowest BCUT2D eigenvalue weighted by Gasteiger charge is -2.30. The molecule has 2 heterocycles. The third-order valence-corrected chi connectivity index (χ3v) is 4.55. The topological polar surface area (TPSA) is 24.5 Å². The quantitative estimate of drug-likeness (QED) is 0.916. The summed E-state index contributed by atoms with van der Waals surface area (Å²) in [6.45, 7) is 9.09. The number of fused-ring (bicyclic) bond motifs is 1. The molecule has 0 aliphatic carbocycles. The molecule has 0 spiro atoms. The second-order valence-corrected chi connectivity index (χ2v) is 6.41. The minimum atomic E-state index is 0.267. The van der Waals surface area contributed by atoms with Gasteiger partial charge < -0.3 is 15.0 Å². The van der Waals surface area contributed by atoms with E-state index in [1.54, 1.807) is 0 Å². The summed E-state index contributed by atoms with van der Waals surface area (Å²) in [5.74, 6) is 1.91. The molecule has 1 atom stereocenters. The highest BCUT2D eigenvalue weighted by atomic mass is 16.5. The Morgan fingerprint density at radius 1 is 1.25 bits per heavy atom. The highest BCUT2D eigenvalue weighted by Gasteiger charge is 2.17. The summed E-state index contributed by atoms with van der Waals surface area (Å²) >= 11 is 0. The summed E-state index contributed by atoms with van der Waals surface area (Å²) in [5.41, 5.74) is 2.57. The fourth-order valence-electron chi connectivity index (χ4n) is 3.06. The molecule has 1 aromatic carbocycles. The van der Waals surface area contributed by atoms with Gasteiger partial charge in [0.1, 0.15) is 11.9 Å². The fourth-order valence-corrected chi connectivity index (χ4v) is 3.06. The van der Waals surface area contributed by atoms with Crippen molar-refractivity contribution in [3.8, 4) is 5.75 Å². The number of rotatable bonds is 3. The van der Waals surface area contributed by atoms with Crippen molar-refractivity contribution >= 4 is 5.69 Å². The number of nitrogens with one attached hydrogen (secondary N) is 1. The normalized spacial score (nSPS) is 23.8. The van der Waals surface area contributed by atoms with E-state index >= 15 is 0 Å². The van der Waals surface area contributed by atoms with Crippen molar-refractivity contribution < 1.29 is 4.74 Å². The van der Waals surface area contributed by atoms with Crippen LogP contribution in [0.1, 0.15) is 32.3 Å². The molecule has 1 aromatic rings. The van der Waals surface area contributed by atoms with Gasteiger partial charge in [-0.2, -0.15) is 0 Å². The Hall–Kier alpha value is -1.22. The van der Waals surface area contributed by atoms with Crippen LogP contribution in [0.5, 0.6) is 5.75 Å². The number of likely N-dealkylation sites (tertiary alicyclic amines) is 1. The summed E-state index contributed by atoms with van der Waals surface area (Å²) in [6, 6.07) is 6.59. The maximum absolute atomic E-state index is 5.82. The lowest BCUT2D eigenvalue weighted by atomic mass is 9.99. The van der Waals surface area contributed by atoms with Crippen LogP contribution in [0.25, 0.3) is 0 Å². The van der Waals surface area contributed by atoms with Gasteiger partial charge in [-0.15, -0.1) is 0 Å². The van der Waals surface area contributed by atoms with Crippen LogP contribution in [-0.4, -0.2) is 37.2 Å². The molecule has 0 amide bonds. The average molecular weight is 274 g/mol. The Kier molecular flexibility index (Phi) is 4.16. The van der Waals surface area contributed by atoms with E-state index in [-0.39, 0.29) is 6.10 Å². The number of benzene rings is 1. The van der Waals surface area contributed by atoms with E-state index in [0.29, 0.717) is 0 Å². The second kappa shape index (κ2) is 6.04. The minimum absolute atomic E-state index is 0.267. The van der Waals surface area contributed by atoms with Gasteiger partial charge in [0.25, 0.3) is 0 Å². The summed E-state index contributed by atoms with van der Waals surface area (Å²) in [5, 5.41) is 3.46. The monoisotopic (exact) mass is 274 g/mol. The first kappa shape index (κ1) is 13.7. The van der Waals surface area contributed by atoms with Gasteiger partial charge in [0, 0.05) is 6.54 Å². The van der Waals surface area contributed by atoms with Gasteiger partial charge in [-0.05, 0) is 62.9 Å². The van der Waals surface area contributed by atoms with E-state index in [4.69, 9.17) is 4.74 Å². The molecule has 3 heteroatoms. The highest BCUT2D eigenvalue weighted by Crippen LogP contribution is 2.30. The fraction of sp³-hybridized carbons (Fsp3) is 0.647. The van der Waals surface area contributed by atoms with Crippen molar-refractivity contribution in [2.75, 3.05) is 31.5 Å². The van der Waals surface area contributed by atoms with Gasteiger partial charge >= 0.3 is 0 Å². The van der Waals surface area contributed by atoms with Gasteiger partial charge in [-0.25, -0.2) is 0 Å². The lowest BCUT2D eigenvalue weighted by molar-refractivity contribution is 0.194. The van der Waals surface area contributed by atoms with Crippen molar-refractivity contribution in [1.29, 1.82) is 0 Å². The first-order chi connectivity index (χ1) is 9.70. The average Bonchev–Trinajstić information content (AvgIpc) is 2.46. The van der Waals surface area contributed by atoms with Crippen molar-refractivity contribution in [1.82, 2.24) is 4.90 Å². The molecular formula is C17H26N2O. The molecule has 3 nitrogen and oxygen atoms in total. The van der Waals surface area contributed by atoms with E-state index in [9.17, 15) is 0 Å². The largest absolute Gasteiger partial charge is 0.487 e. The Morgan fingerprint density at radius 3 is 2.85 bits per heavy atom. The number of hydrogen-bond acceptors (Lipinski definition) is 3. The van der Waals surface area contributed by atoms with E-state index in [1.807, 2.05) is 0 Å². The number of piperidine rings is 1. The number of hydrogen-bond donors (Lipinski definition) is 1. The van der Waals surface area contributed by atoms with Crippen LogP contribution in [0.15, 0.2) is 18.2 Å². The van der Waals surface area contributed by atoms with Crippen molar-refractivity contribution in [2.24, 2.45) is 5.92 Å². The Labute approximate surface area is 122 Å². The van der Waals surface area contributed by atoms with Gasteiger partial charge in [0.05, 0.1) is 12.2 Å². The van der Waals surface area contributed by atoms with Gasteiger partial charge in [0.2, 0.25) is 0 Å². The van der Waals surface area contributed by atoms with E-state index in [1.165, 1.54) is 38.0 Å². The Balaban J connectivity index is 1.56. The maximum Gasteiger partial charge on any atom is 0.142 e. The molecule has 20 heavy (non-hydrogen) atoms. The van der Waals surface area contributed by atoms with Gasteiger partial charge in [0.15, 0.2) is 0 Å². The zero-order chi connectivity index (χ0) is 13.9. The molecule has 2 aliphatic rings. The molecule has 3 rings (SSSR count). The van der Waals surface area contributed by atoms with Crippen LogP contribution in [0.3, 0.4) is 0 Å². The molecule has 1 N–H and O–H groups in total. The van der Waals surface area contributed by atoms with Crippen molar-refractivity contribution in [3.05, 3.63) is 23.8 Å². The number of anilines is 1. The molecule has 0 bridgehead atoms. The van der Waals surface area contributed by atoms with Gasteiger partial charge in [-0.1, -0.05) is 13.0 Å². The van der Waals surface area contributed by atoms with E-state index in [0.717, 1.165) is 30.3 Å². The molecular weight excluding hydrogens is 248 g/mol. The van der Waals surface area contributed by atoms with Gasteiger partial charge in [-0.3, -0.25) is 0 Å². The zero-order valence-electron chi connectivity index (χ0n) is 12.7. The van der Waals surface area contributed by atoms with Crippen LogP contribution in [0, 0.1) is 5.92 Å². The number of ether oxygens (including phenoxy) is 1. The molecule has 110 valence electrons. The van der Waals surface area contributed by atoms with E-state index < -0.39 is 0 Å². The Bertz CT molecular complexity index is 452. The highest BCUT2D eigenvalue weighted by molar-refractivity contribution is 5.59. The predicted molar refractivity (Wildman–Crippen MR) is 83.6 cm³/mol. The molecule has 1 unspecified atom stereocenters. The zero-order valence-corrected chi connectivity index (χ0v) is 12.7. The van der Waals surface area contributed by atoms with Crippen LogP contribution < -0.4 is 10.1 Å². The first-order valence-corrected chi connectivity index (χ1v) is 7.96. The molecule has 0 saturated carbocycles. The first-order valence-electron chi connectivity index (χ1n) is 7.96. The predicted octanol–water partition coefficient (Wildman–Crippen LogP) is 3.15. The molecule has 0 aromatic heterocycles. The van der Waals surface area contributed by atoms with Crippen molar-refractivity contribution in [2.45, 2.75) is 39.2 Å². The molecule has 1 saturated heterocycles. The van der Waals surface area contributed by atoms with Crippen LogP contribution in [0.2, 0.25) is 0 Å². The Morgan fingerprint density at radius 2 is 2.05 bits per heavy atom.